The second kappa shape index (κ2) is 5.52. The largest absolute Gasteiger partial charge is 0.394 e. The summed E-state index contributed by atoms with van der Waals surface area (Å²) in [7, 11) is 0. The lowest BCUT2D eigenvalue weighted by Gasteiger charge is -2.05. The lowest BCUT2D eigenvalue weighted by molar-refractivity contribution is -0.112. The molecule has 0 saturated heterocycles. The summed E-state index contributed by atoms with van der Waals surface area (Å²) in [5, 5.41) is 9.82. The normalized spacial score (nSPS) is 12.1. The number of carbonyl (C=O) groups excluding carboxylic acids is 1. The fourth-order valence-electron chi connectivity index (χ4n) is 0.661. The van der Waals surface area contributed by atoms with Crippen LogP contribution in [-0.4, -0.2) is 17.8 Å². The molecule has 0 aromatic carbocycles. The van der Waals surface area contributed by atoms with E-state index < -0.39 is 11.6 Å². The van der Waals surface area contributed by atoms with Crippen LogP contribution in [0.5, 0.6) is 0 Å². The van der Waals surface area contributed by atoms with E-state index in [-0.39, 0.29) is 11.5 Å². The molecule has 0 bridgehead atoms. The van der Waals surface area contributed by atoms with Gasteiger partial charge in [0.2, 0.25) is 0 Å². The van der Waals surface area contributed by atoms with E-state index >= 15 is 0 Å². The van der Waals surface area contributed by atoms with Crippen LogP contribution in [0.2, 0.25) is 0 Å². The van der Waals surface area contributed by atoms with Gasteiger partial charge in [0.15, 0.2) is 5.82 Å². The molecule has 0 radical (unpaired) electrons. The lowest BCUT2D eigenvalue weighted by Crippen LogP contribution is -2.30. The van der Waals surface area contributed by atoms with Gasteiger partial charge in [-0.3, -0.25) is 10.2 Å². The maximum atomic E-state index is 10.6. The van der Waals surface area contributed by atoms with E-state index in [0.717, 1.165) is 0 Å². The number of hydrogen-bond acceptors (Lipinski definition) is 5. The number of hydrogen-bond donors (Lipinski definition) is 4. The Hall–Kier alpha value is -2.11. The van der Waals surface area contributed by atoms with Crippen molar-refractivity contribution in [2.75, 3.05) is 0 Å². The smallest absolute Gasteiger partial charge is 0.268 e. The summed E-state index contributed by atoms with van der Waals surface area (Å²) < 4.78 is 0. The van der Waals surface area contributed by atoms with Gasteiger partial charge >= 0.3 is 0 Å². The van der Waals surface area contributed by atoms with Crippen LogP contribution >= 0.6 is 0 Å². The minimum Gasteiger partial charge on any atom is -0.394 e. The zero-order valence-electron chi connectivity index (χ0n) is 7.87. The first kappa shape index (κ1) is 11.9. The average molecular weight is 195 g/mol. The Labute approximate surface area is 81.9 Å². The molecule has 0 heterocycles. The van der Waals surface area contributed by atoms with Gasteiger partial charge < -0.3 is 16.8 Å². The fraction of sp³-hybridized carbons (Fsp3) is 0.125. The van der Waals surface area contributed by atoms with Gasteiger partial charge in [0.25, 0.3) is 5.91 Å². The summed E-state index contributed by atoms with van der Waals surface area (Å²) in [6, 6.07) is 0. The molecular formula is C8H13N5O. The Morgan fingerprint density at radius 3 is 2.50 bits per heavy atom. The first-order valence-electron chi connectivity index (χ1n) is 3.79. The molecule has 0 aromatic rings. The summed E-state index contributed by atoms with van der Waals surface area (Å²) in [6.07, 6.45) is 2.80. The van der Waals surface area contributed by atoms with Crippen molar-refractivity contribution in [2.24, 2.45) is 16.5 Å². The second-order valence-corrected chi connectivity index (χ2v) is 2.24. The molecule has 0 spiro atoms. The van der Waals surface area contributed by atoms with Crippen molar-refractivity contribution in [3.05, 3.63) is 24.3 Å². The first-order valence-corrected chi connectivity index (χ1v) is 3.79. The van der Waals surface area contributed by atoms with E-state index in [9.17, 15) is 4.79 Å². The topological polar surface area (TPSA) is 117 Å². The van der Waals surface area contributed by atoms with Crippen LogP contribution in [0.1, 0.15) is 6.92 Å². The highest BCUT2D eigenvalue weighted by Gasteiger charge is 2.11. The van der Waals surface area contributed by atoms with E-state index in [1.165, 1.54) is 12.4 Å². The van der Waals surface area contributed by atoms with Crippen LogP contribution in [0.15, 0.2) is 29.3 Å². The number of nitrogens with zero attached hydrogens (tertiary/aromatic N) is 1. The quantitative estimate of drug-likeness (QED) is 0.440. The molecule has 0 aliphatic heterocycles. The first-order chi connectivity index (χ1) is 6.54. The molecule has 76 valence electrons. The minimum atomic E-state index is -0.905. The van der Waals surface area contributed by atoms with Gasteiger partial charge in [-0.25, -0.2) is 4.99 Å². The number of aliphatic imine (C=N–C) groups is 1. The van der Waals surface area contributed by atoms with Crippen molar-refractivity contribution >= 4 is 17.8 Å². The van der Waals surface area contributed by atoms with Crippen LogP contribution in [0, 0.1) is 5.41 Å². The second-order valence-electron chi connectivity index (χ2n) is 2.24. The molecular weight excluding hydrogens is 182 g/mol. The van der Waals surface area contributed by atoms with E-state index in [1.54, 1.807) is 6.92 Å². The highest BCUT2D eigenvalue weighted by atomic mass is 16.1. The van der Waals surface area contributed by atoms with Crippen LogP contribution in [0.4, 0.5) is 0 Å². The Kier molecular flexibility index (Phi) is 4.69. The van der Waals surface area contributed by atoms with E-state index in [2.05, 4.69) is 16.9 Å². The molecule has 6 nitrogen and oxygen atoms in total. The molecule has 0 fully saturated rings. The molecule has 14 heavy (non-hydrogen) atoms. The molecule has 0 aliphatic rings. The monoisotopic (exact) mass is 195 g/mol. The Bertz CT molecular complexity index is 316. The SMILES string of the molecule is C=CNC(/N=C\C)=C(\N)C(=N)C(N)=O. The van der Waals surface area contributed by atoms with Gasteiger partial charge in [-0.05, 0) is 13.1 Å². The minimum absolute atomic E-state index is 0.115. The highest BCUT2D eigenvalue weighted by Crippen LogP contribution is 1.98. The number of carbonyl (C=O) groups is 1. The molecule has 6 N–H and O–H groups in total. The third kappa shape index (κ3) is 3.10. The van der Waals surface area contributed by atoms with Crippen molar-refractivity contribution in [1.82, 2.24) is 5.32 Å². The number of rotatable bonds is 5. The summed E-state index contributed by atoms with van der Waals surface area (Å²) in [4.78, 5) is 14.4. The molecule has 1 amide bonds. The Balaban J connectivity index is 5.07. The molecule has 0 saturated carbocycles. The van der Waals surface area contributed by atoms with Gasteiger partial charge in [0.05, 0.1) is 0 Å². The molecule has 0 atom stereocenters. The third-order valence-corrected chi connectivity index (χ3v) is 1.27. The van der Waals surface area contributed by atoms with Gasteiger partial charge in [-0.2, -0.15) is 0 Å². The maximum Gasteiger partial charge on any atom is 0.268 e. The number of primary amides is 1. The number of nitrogens with two attached hydrogens (primary N) is 2. The summed E-state index contributed by atoms with van der Waals surface area (Å²) >= 11 is 0. The summed E-state index contributed by atoms with van der Waals surface area (Å²) in [5.74, 6) is -0.733. The molecule has 0 aromatic heterocycles. The fourth-order valence-corrected chi connectivity index (χ4v) is 0.661. The number of amides is 1. The van der Waals surface area contributed by atoms with E-state index in [1.807, 2.05) is 0 Å². The van der Waals surface area contributed by atoms with Crippen molar-refractivity contribution in [1.29, 1.82) is 5.41 Å². The van der Waals surface area contributed by atoms with Crippen molar-refractivity contribution in [2.45, 2.75) is 6.92 Å². The van der Waals surface area contributed by atoms with Crippen molar-refractivity contribution in [3.8, 4) is 0 Å². The predicted molar refractivity (Wildman–Crippen MR) is 55.6 cm³/mol. The standard InChI is InChI=1S/C8H13N5O/c1-3-12-8(13-4-2)6(10)5(9)7(11)14/h3-4,9,12H,1,10H2,2H3,(H2,11,14)/b8-6+,9-5?,13-4-. The third-order valence-electron chi connectivity index (χ3n) is 1.27. The molecule has 0 aliphatic carbocycles. The van der Waals surface area contributed by atoms with Gasteiger partial charge in [0.1, 0.15) is 11.4 Å². The number of nitrogens with one attached hydrogen (secondary N) is 2. The summed E-state index contributed by atoms with van der Waals surface area (Å²) in [6.45, 7) is 5.08. The van der Waals surface area contributed by atoms with E-state index in [4.69, 9.17) is 16.9 Å². The van der Waals surface area contributed by atoms with Gasteiger partial charge in [-0.1, -0.05) is 6.58 Å². The predicted octanol–water partition coefficient (Wildman–Crippen LogP) is -0.557. The molecule has 0 rings (SSSR count). The average Bonchev–Trinajstić information content (AvgIpc) is 2.15. The van der Waals surface area contributed by atoms with Crippen molar-refractivity contribution in [3.63, 3.8) is 0 Å². The maximum absolute atomic E-state index is 10.6. The molecule has 0 unspecified atom stereocenters. The van der Waals surface area contributed by atoms with Crippen molar-refractivity contribution < 1.29 is 4.79 Å². The summed E-state index contributed by atoms with van der Waals surface area (Å²) in [5.41, 5.74) is 9.75. The zero-order valence-corrected chi connectivity index (χ0v) is 7.87. The van der Waals surface area contributed by atoms with Crippen LogP contribution in [0.3, 0.4) is 0 Å². The lowest BCUT2D eigenvalue weighted by atomic mass is 10.2. The zero-order chi connectivity index (χ0) is 11.1. The highest BCUT2D eigenvalue weighted by molar-refractivity contribution is 6.43. The van der Waals surface area contributed by atoms with Crippen LogP contribution in [0.25, 0.3) is 0 Å². The Morgan fingerprint density at radius 2 is 2.14 bits per heavy atom. The van der Waals surface area contributed by atoms with E-state index in [0.29, 0.717) is 0 Å². The van der Waals surface area contributed by atoms with Gasteiger partial charge in [-0.15, -0.1) is 0 Å². The van der Waals surface area contributed by atoms with Gasteiger partial charge in [0, 0.05) is 6.21 Å². The Morgan fingerprint density at radius 1 is 1.57 bits per heavy atom. The van der Waals surface area contributed by atoms with Crippen LogP contribution in [-0.2, 0) is 4.79 Å². The molecule has 6 heteroatoms. The van der Waals surface area contributed by atoms with Crippen LogP contribution < -0.4 is 16.8 Å².